The molecule has 2 aromatic rings. The Balaban J connectivity index is 1.85. The molecular weight excluding hydrogens is 307 g/mol. The fraction of sp³-hybridized carbons (Fsp3) is 0.316. The normalized spacial score (nSPS) is 11.1. The second-order valence-corrected chi connectivity index (χ2v) is 5.34. The van der Waals surface area contributed by atoms with Crippen molar-refractivity contribution in [3.05, 3.63) is 65.5 Å². The summed E-state index contributed by atoms with van der Waals surface area (Å²) in [5, 5.41) is 12.8. The van der Waals surface area contributed by atoms with Crippen molar-refractivity contribution in [2.24, 2.45) is 5.10 Å². The van der Waals surface area contributed by atoms with E-state index < -0.39 is 0 Å². The van der Waals surface area contributed by atoms with Crippen LogP contribution in [0.5, 0.6) is 0 Å². The van der Waals surface area contributed by atoms with Crippen molar-refractivity contribution in [3.63, 3.8) is 0 Å². The summed E-state index contributed by atoms with van der Waals surface area (Å²) < 4.78 is 19.7. The van der Waals surface area contributed by atoms with Crippen molar-refractivity contribution in [3.8, 4) is 0 Å². The first kappa shape index (κ1) is 18.1. The summed E-state index contributed by atoms with van der Waals surface area (Å²) in [4.78, 5) is 0. The van der Waals surface area contributed by atoms with Gasteiger partial charge in [0.15, 0.2) is 0 Å². The van der Waals surface area contributed by atoms with Gasteiger partial charge in [0, 0.05) is 24.8 Å². The Kier molecular flexibility index (Phi) is 7.93. The molecule has 0 aromatic heterocycles. The molecule has 0 aliphatic heterocycles. The van der Waals surface area contributed by atoms with Gasteiger partial charge in [-0.05, 0) is 30.5 Å². The number of aliphatic hydroxyl groups excluding tert-OH is 1. The first-order valence-electron chi connectivity index (χ1n) is 8.08. The van der Waals surface area contributed by atoms with Crippen molar-refractivity contribution >= 4 is 11.9 Å². The van der Waals surface area contributed by atoms with E-state index in [1.54, 1.807) is 18.3 Å². The largest absolute Gasteiger partial charge is 0.396 e. The van der Waals surface area contributed by atoms with Crippen molar-refractivity contribution < 1.29 is 14.2 Å². The van der Waals surface area contributed by atoms with Gasteiger partial charge in [-0.2, -0.15) is 5.10 Å². The molecule has 0 spiro atoms. The molecule has 2 aromatic carbocycles. The fourth-order valence-corrected chi connectivity index (χ4v) is 2.22. The Morgan fingerprint density at radius 1 is 1.12 bits per heavy atom. The number of benzene rings is 2. The minimum absolute atomic E-state index is 0.135. The predicted octanol–water partition coefficient (Wildman–Crippen LogP) is 3.76. The van der Waals surface area contributed by atoms with Crippen LogP contribution in [0.4, 0.5) is 10.1 Å². The quantitative estimate of drug-likeness (QED) is 0.396. The van der Waals surface area contributed by atoms with E-state index in [0.29, 0.717) is 43.7 Å². The standard InChI is InChI=1S/C19H23FN2O2/c20-18-9-6-10-19(22-21-12-4-5-13-23)17(18)11-14-24-15-16-7-2-1-3-8-16/h1-3,6-10,12,22-23H,4-5,11,13-15H2/b21-12+. The summed E-state index contributed by atoms with van der Waals surface area (Å²) in [7, 11) is 0. The average molecular weight is 330 g/mol. The van der Waals surface area contributed by atoms with Crippen LogP contribution in [-0.4, -0.2) is 24.5 Å². The highest BCUT2D eigenvalue weighted by atomic mass is 19.1. The fourth-order valence-electron chi connectivity index (χ4n) is 2.22. The topological polar surface area (TPSA) is 53.9 Å². The van der Waals surface area contributed by atoms with Gasteiger partial charge in [0.05, 0.1) is 18.9 Å². The number of nitrogens with one attached hydrogen (secondary N) is 1. The Labute approximate surface area is 142 Å². The van der Waals surface area contributed by atoms with E-state index in [2.05, 4.69) is 10.5 Å². The minimum Gasteiger partial charge on any atom is -0.396 e. The van der Waals surface area contributed by atoms with E-state index >= 15 is 0 Å². The van der Waals surface area contributed by atoms with Crippen LogP contribution in [0.1, 0.15) is 24.0 Å². The van der Waals surface area contributed by atoms with Crippen LogP contribution in [0.3, 0.4) is 0 Å². The first-order chi connectivity index (χ1) is 11.8. The van der Waals surface area contributed by atoms with E-state index in [1.807, 2.05) is 30.3 Å². The molecule has 2 N–H and O–H groups in total. The van der Waals surface area contributed by atoms with Crippen molar-refractivity contribution in [2.45, 2.75) is 25.9 Å². The third-order valence-corrected chi connectivity index (χ3v) is 3.49. The van der Waals surface area contributed by atoms with Crippen LogP contribution in [0.2, 0.25) is 0 Å². The van der Waals surface area contributed by atoms with Crippen LogP contribution in [0.25, 0.3) is 0 Å². The lowest BCUT2D eigenvalue weighted by molar-refractivity contribution is 0.123. The number of hydrogen-bond donors (Lipinski definition) is 2. The molecular formula is C19H23FN2O2. The number of ether oxygens (including phenoxy) is 1. The highest BCUT2D eigenvalue weighted by molar-refractivity contribution is 5.60. The molecule has 0 atom stereocenters. The maximum atomic E-state index is 14.0. The zero-order chi connectivity index (χ0) is 17.0. The van der Waals surface area contributed by atoms with Gasteiger partial charge in [-0.15, -0.1) is 0 Å². The van der Waals surface area contributed by atoms with Gasteiger partial charge in [0.2, 0.25) is 0 Å². The summed E-state index contributed by atoms with van der Waals surface area (Å²) in [6.07, 6.45) is 3.48. The lowest BCUT2D eigenvalue weighted by Crippen LogP contribution is -2.04. The van der Waals surface area contributed by atoms with Gasteiger partial charge >= 0.3 is 0 Å². The lowest BCUT2D eigenvalue weighted by atomic mass is 10.1. The molecule has 0 amide bonds. The van der Waals surface area contributed by atoms with Gasteiger partial charge in [-0.1, -0.05) is 36.4 Å². The Hall–Kier alpha value is -2.24. The van der Waals surface area contributed by atoms with Crippen LogP contribution < -0.4 is 5.43 Å². The van der Waals surface area contributed by atoms with Crippen molar-refractivity contribution in [1.82, 2.24) is 0 Å². The van der Waals surface area contributed by atoms with E-state index in [-0.39, 0.29) is 12.4 Å². The molecule has 0 fully saturated rings. The molecule has 24 heavy (non-hydrogen) atoms. The molecule has 0 radical (unpaired) electrons. The predicted molar refractivity (Wildman–Crippen MR) is 94.6 cm³/mol. The summed E-state index contributed by atoms with van der Waals surface area (Å²) in [6.45, 7) is 1.08. The molecule has 0 heterocycles. The van der Waals surface area contributed by atoms with Crippen molar-refractivity contribution in [1.29, 1.82) is 0 Å². The second kappa shape index (κ2) is 10.5. The zero-order valence-corrected chi connectivity index (χ0v) is 13.6. The monoisotopic (exact) mass is 330 g/mol. The SMILES string of the molecule is OCCC/C=N/Nc1cccc(F)c1CCOCc1ccccc1. The number of unbranched alkanes of at least 4 members (excludes halogenated alkanes) is 1. The summed E-state index contributed by atoms with van der Waals surface area (Å²) in [6, 6.07) is 14.8. The van der Waals surface area contributed by atoms with Crippen LogP contribution in [0.15, 0.2) is 53.6 Å². The lowest BCUT2D eigenvalue weighted by Gasteiger charge is -2.10. The summed E-state index contributed by atoms with van der Waals surface area (Å²) in [5.41, 5.74) is 5.16. The third-order valence-electron chi connectivity index (χ3n) is 3.49. The molecule has 2 rings (SSSR count). The van der Waals surface area contributed by atoms with E-state index in [1.165, 1.54) is 6.07 Å². The smallest absolute Gasteiger partial charge is 0.128 e. The Bertz CT molecular complexity index is 633. The van der Waals surface area contributed by atoms with Gasteiger partial charge in [-0.3, -0.25) is 5.43 Å². The number of halogens is 1. The van der Waals surface area contributed by atoms with Gasteiger partial charge in [0.1, 0.15) is 5.82 Å². The molecule has 0 aliphatic carbocycles. The Morgan fingerprint density at radius 3 is 2.75 bits per heavy atom. The van der Waals surface area contributed by atoms with Crippen LogP contribution in [-0.2, 0) is 17.8 Å². The molecule has 0 saturated carbocycles. The summed E-state index contributed by atoms with van der Waals surface area (Å²) >= 11 is 0. The maximum absolute atomic E-state index is 14.0. The van der Waals surface area contributed by atoms with Crippen LogP contribution >= 0.6 is 0 Å². The molecule has 128 valence electrons. The van der Waals surface area contributed by atoms with Gasteiger partial charge in [-0.25, -0.2) is 4.39 Å². The maximum Gasteiger partial charge on any atom is 0.128 e. The van der Waals surface area contributed by atoms with E-state index in [0.717, 1.165) is 5.56 Å². The molecule has 4 nitrogen and oxygen atoms in total. The third kappa shape index (κ3) is 6.10. The number of anilines is 1. The number of nitrogens with zero attached hydrogens (tertiary/aromatic N) is 1. The number of hydrogen-bond acceptors (Lipinski definition) is 4. The molecule has 0 unspecified atom stereocenters. The number of aliphatic hydroxyl groups is 1. The molecule has 0 aliphatic rings. The van der Waals surface area contributed by atoms with Gasteiger partial charge in [0.25, 0.3) is 0 Å². The van der Waals surface area contributed by atoms with Gasteiger partial charge < -0.3 is 9.84 Å². The summed E-state index contributed by atoms with van der Waals surface area (Å²) in [5.74, 6) is -0.270. The number of rotatable bonds is 10. The highest BCUT2D eigenvalue weighted by Crippen LogP contribution is 2.20. The average Bonchev–Trinajstić information content (AvgIpc) is 2.61. The zero-order valence-electron chi connectivity index (χ0n) is 13.6. The van der Waals surface area contributed by atoms with Crippen LogP contribution in [0, 0.1) is 5.82 Å². The van der Waals surface area contributed by atoms with E-state index in [4.69, 9.17) is 9.84 Å². The number of hydrazone groups is 1. The first-order valence-corrected chi connectivity index (χ1v) is 8.08. The molecule has 0 saturated heterocycles. The van der Waals surface area contributed by atoms with Crippen molar-refractivity contribution in [2.75, 3.05) is 18.6 Å². The minimum atomic E-state index is -0.270. The highest BCUT2D eigenvalue weighted by Gasteiger charge is 2.08. The molecule has 0 bridgehead atoms. The van der Waals surface area contributed by atoms with E-state index in [9.17, 15) is 4.39 Å². The Morgan fingerprint density at radius 2 is 1.96 bits per heavy atom. The molecule has 5 heteroatoms. The second-order valence-electron chi connectivity index (χ2n) is 5.34.